The Kier molecular flexibility index (Phi) is 4.33. The van der Waals surface area contributed by atoms with Crippen LogP contribution < -0.4 is 10.1 Å². The Labute approximate surface area is 144 Å². The topological polar surface area (TPSA) is 88.6 Å². The minimum absolute atomic E-state index is 0.188. The first-order valence-electron chi connectivity index (χ1n) is 7.20. The number of ether oxygens (including phenoxy) is 1. The summed E-state index contributed by atoms with van der Waals surface area (Å²) >= 11 is 1.32. The number of hydrogen-bond acceptors (Lipinski definition) is 6. The first-order valence-corrected chi connectivity index (χ1v) is 9.51. The van der Waals surface area contributed by atoms with Crippen LogP contribution in [0.3, 0.4) is 0 Å². The van der Waals surface area contributed by atoms with E-state index < -0.39 is 16.1 Å². The highest BCUT2D eigenvalue weighted by atomic mass is 32.2. The summed E-state index contributed by atoms with van der Waals surface area (Å²) in [7, 11) is -0.493. The van der Waals surface area contributed by atoms with E-state index in [1.54, 1.807) is 24.4 Å². The molecule has 1 atom stereocenters. The molecule has 0 aromatic carbocycles. The minimum atomic E-state index is -3.47. The zero-order chi connectivity index (χ0) is 17.5. The van der Waals surface area contributed by atoms with E-state index in [1.165, 1.54) is 36.0 Å². The highest BCUT2D eigenvalue weighted by molar-refractivity contribution is 7.89. The van der Waals surface area contributed by atoms with E-state index in [9.17, 15) is 13.2 Å². The molecule has 1 amide bonds. The van der Waals surface area contributed by atoms with Crippen LogP contribution in [0, 0.1) is 6.92 Å². The predicted octanol–water partition coefficient (Wildman–Crippen LogP) is 1.57. The molecule has 3 rings (SSSR count). The molecular formula is C15H17N3O4S2. The number of aromatic nitrogens is 1. The van der Waals surface area contributed by atoms with Crippen LogP contribution in [0.5, 0.6) is 5.75 Å². The monoisotopic (exact) mass is 367 g/mol. The highest BCUT2D eigenvalue weighted by Crippen LogP contribution is 2.35. The van der Waals surface area contributed by atoms with Gasteiger partial charge in [-0.2, -0.15) is 4.31 Å². The summed E-state index contributed by atoms with van der Waals surface area (Å²) in [5, 5.41) is 4.63. The molecule has 1 N–H and O–H groups in total. The van der Waals surface area contributed by atoms with Crippen LogP contribution in [0.2, 0.25) is 0 Å². The number of rotatable bonds is 3. The second kappa shape index (κ2) is 6.15. The number of fused-ring (bicyclic) bond motifs is 1. The van der Waals surface area contributed by atoms with Gasteiger partial charge in [0.2, 0.25) is 10.0 Å². The molecule has 0 bridgehead atoms. The van der Waals surface area contributed by atoms with Gasteiger partial charge >= 0.3 is 0 Å². The fraction of sp³-hybridized carbons (Fsp3) is 0.333. The Balaban J connectivity index is 1.93. The number of hydrogen-bond donors (Lipinski definition) is 1. The molecule has 3 heterocycles. The molecule has 1 aliphatic heterocycles. The van der Waals surface area contributed by atoms with E-state index in [4.69, 9.17) is 4.74 Å². The molecule has 1 aliphatic rings. The molecule has 128 valence electrons. The van der Waals surface area contributed by atoms with E-state index in [2.05, 4.69) is 10.3 Å². The summed E-state index contributed by atoms with van der Waals surface area (Å²) in [6, 6.07) is 2.81. The molecule has 2 aromatic rings. The molecule has 1 unspecified atom stereocenters. The molecule has 9 heteroatoms. The Morgan fingerprint density at radius 1 is 1.50 bits per heavy atom. The van der Waals surface area contributed by atoms with Crippen LogP contribution in [0.15, 0.2) is 28.6 Å². The molecule has 0 saturated heterocycles. The number of carbonyl (C=O) groups is 1. The Morgan fingerprint density at radius 3 is 2.96 bits per heavy atom. The number of likely N-dealkylation sites (N-methyl/N-ethyl adjacent to an activating group) is 1. The largest absolute Gasteiger partial charge is 0.494 e. The molecule has 0 radical (unpaired) electrons. The van der Waals surface area contributed by atoms with Gasteiger partial charge in [-0.05, 0) is 24.4 Å². The SMILES string of the molecule is COc1cnc(C)cc1C(=O)NC1CN(C)S(=O)(=O)c2ccsc21. The van der Waals surface area contributed by atoms with Gasteiger partial charge in [-0.25, -0.2) is 8.42 Å². The highest BCUT2D eigenvalue weighted by Gasteiger charge is 2.36. The third-order valence-electron chi connectivity index (χ3n) is 3.88. The van der Waals surface area contributed by atoms with Crippen LogP contribution >= 0.6 is 11.3 Å². The third-order valence-corrected chi connectivity index (χ3v) is 6.92. The quantitative estimate of drug-likeness (QED) is 0.889. The maximum atomic E-state index is 12.7. The lowest BCUT2D eigenvalue weighted by atomic mass is 10.1. The van der Waals surface area contributed by atoms with Crippen molar-refractivity contribution in [2.45, 2.75) is 17.9 Å². The minimum Gasteiger partial charge on any atom is -0.494 e. The second-order valence-electron chi connectivity index (χ2n) is 5.49. The molecule has 0 fully saturated rings. The molecule has 24 heavy (non-hydrogen) atoms. The number of nitrogens with zero attached hydrogens (tertiary/aromatic N) is 2. The predicted molar refractivity (Wildman–Crippen MR) is 89.9 cm³/mol. The summed E-state index contributed by atoms with van der Waals surface area (Å²) in [5.74, 6) is 0.0516. The van der Waals surface area contributed by atoms with Gasteiger partial charge in [-0.1, -0.05) is 0 Å². The van der Waals surface area contributed by atoms with E-state index in [0.29, 0.717) is 21.9 Å². The number of nitrogens with one attached hydrogen (secondary N) is 1. The van der Waals surface area contributed by atoms with Gasteiger partial charge in [0.25, 0.3) is 5.91 Å². The van der Waals surface area contributed by atoms with Gasteiger partial charge in [-0.3, -0.25) is 9.78 Å². The second-order valence-corrected chi connectivity index (χ2v) is 8.45. The molecule has 0 spiro atoms. The van der Waals surface area contributed by atoms with Crippen LogP contribution in [0.4, 0.5) is 0 Å². The van der Waals surface area contributed by atoms with Crippen molar-refractivity contribution in [3.8, 4) is 5.75 Å². The lowest BCUT2D eigenvalue weighted by Crippen LogP contribution is -2.42. The lowest BCUT2D eigenvalue weighted by molar-refractivity contribution is 0.0928. The molecule has 2 aromatic heterocycles. The van der Waals surface area contributed by atoms with E-state index in [-0.39, 0.29) is 17.3 Å². The fourth-order valence-electron chi connectivity index (χ4n) is 2.62. The summed E-state index contributed by atoms with van der Waals surface area (Å²) < 4.78 is 31.1. The van der Waals surface area contributed by atoms with Crippen molar-refractivity contribution in [3.05, 3.63) is 39.8 Å². The zero-order valence-corrected chi connectivity index (χ0v) is 15.1. The first kappa shape index (κ1) is 16.9. The number of aryl methyl sites for hydroxylation is 1. The van der Waals surface area contributed by atoms with Gasteiger partial charge < -0.3 is 10.1 Å². The normalized spacial score (nSPS) is 19.5. The lowest BCUT2D eigenvalue weighted by Gasteiger charge is -2.30. The molecule has 0 aliphatic carbocycles. The van der Waals surface area contributed by atoms with Crippen LogP contribution in [0.1, 0.15) is 27.0 Å². The molecule has 0 saturated carbocycles. The summed E-state index contributed by atoms with van der Waals surface area (Å²) in [6.07, 6.45) is 1.50. The molecule has 7 nitrogen and oxygen atoms in total. The van der Waals surface area contributed by atoms with Crippen molar-refractivity contribution in [1.29, 1.82) is 0 Å². The van der Waals surface area contributed by atoms with Crippen molar-refractivity contribution >= 4 is 27.3 Å². The van der Waals surface area contributed by atoms with Crippen molar-refractivity contribution in [1.82, 2.24) is 14.6 Å². The van der Waals surface area contributed by atoms with Crippen LogP contribution in [-0.2, 0) is 10.0 Å². The van der Waals surface area contributed by atoms with Crippen molar-refractivity contribution in [3.63, 3.8) is 0 Å². The fourth-order valence-corrected chi connectivity index (χ4v) is 5.31. The number of sulfonamides is 1. The van der Waals surface area contributed by atoms with Crippen LogP contribution in [-0.4, -0.2) is 44.3 Å². The van der Waals surface area contributed by atoms with Gasteiger partial charge in [0.1, 0.15) is 5.75 Å². The maximum Gasteiger partial charge on any atom is 0.255 e. The van der Waals surface area contributed by atoms with Gasteiger partial charge in [0.15, 0.2) is 0 Å². The average molecular weight is 367 g/mol. The van der Waals surface area contributed by atoms with E-state index in [1.807, 2.05) is 0 Å². The van der Waals surface area contributed by atoms with Gasteiger partial charge in [-0.15, -0.1) is 11.3 Å². The number of pyridine rings is 1. The third kappa shape index (κ3) is 2.79. The van der Waals surface area contributed by atoms with Crippen molar-refractivity contribution < 1.29 is 17.9 Å². The number of methoxy groups -OCH3 is 1. The number of carbonyl (C=O) groups excluding carboxylic acids is 1. The van der Waals surface area contributed by atoms with Crippen molar-refractivity contribution in [2.75, 3.05) is 20.7 Å². The van der Waals surface area contributed by atoms with E-state index >= 15 is 0 Å². The number of thiophene rings is 1. The smallest absolute Gasteiger partial charge is 0.255 e. The Hall–Kier alpha value is -1.97. The van der Waals surface area contributed by atoms with E-state index in [0.717, 1.165) is 0 Å². The number of amides is 1. The van der Waals surface area contributed by atoms with Crippen molar-refractivity contribution in [2.24, 2.45) is 0 Å². The zero-order valence-electron chi connectivity index (χ0n) is 13.4. The Morgan fingerprint density at radius 2 is 2.25 bits per heavy atom. The van der Waals surface area contributed by atoms with Gasteiger partial charge in [0.05, 0.1) is 29.8 Å². The van der Waals surface area contributed by atoms with Gasteiger partial charge in [0, 0.05) is 24.2 Å². The Bertz CT molecular complexity index is 892. The summed E-state index contributed by atoms with van der Waals surface area (Å²) in [6.45, 7) is 1.97. The first-order chi connectivity index (χ1) is 11.3. The average Bonchev–Trinajstić information content (AvgIpc) is 3.03. The maximum absolute atomic E-state index is 12.7. The standard InChI is InChI=1S/C15H17N3O4S2/c1-9-6-10(12(22-3)7-16-9)15(19)17-11-8-18(2)24(20,21)13-4-5-23-14(11)13/h4-7,11H,8H2,1-3H3,(H,17,19). The van der Waals surface area contributed by atoms with Crippen LogP contribution in [0.25, 0.3) is 0 Å². The summed E-state index contributed by atoms with van der Waals surface area (Å²) in [4.78, 5) is 17.7. The summed E-state index contributed by atoms with van der Waals surface area (Å²) in [5.41, 5.74) is 1.07. The molecular weight excluding hydrogens is 350 g/mol.